The number of oxazole rings is 1. The van der Waals surface area contributed by atoms with Gasteiger partial charge in [-0.3, -0.25) is 0 Å². The zero-order chi connectivity index (χ0) is 11.0. The maximum Gasteiger partial charge on any atom is 0.248 e. The van der Waals surface area contributed by atoms with Crippen molar-refractivity contribution in [2.24, 2.45) is 5.73 Å². The summed E-state index contributed by atoms with van der Waals surface area (Å²) in [7, 11) is 0. The quantitative estimate of drug-likeness (QED) is 0.777. The topological polar surface area (TPSA) is 68.2 Å². The summed E-state index contributed by atoms with van der Waals surface area (Å²) < 4.78 is 5.20. The van der Waals surface area contributed by atoms with Gasteiger partial charge in [0, 0.05) is 25.3 Å². The van der Waals surface area contributed by atoms with Crippen molar-refractivity contribution < 1.29 is 4.42 Å². The maximum absolute atomic E-state index is 5.98. The van der Waals surface area contributed by atoms with Gasteiger partial charge in [0.2, 0.25) is 5.71 Å². The second-order valence-corrected chi connectivity index (χ2v) is 4.18. The van der Waals surface area contributed by atoms with Crippen molar-refractivity contribution in [1.82, 2.24) is 9.97 Å². The highest BCUT2D eigenvalue weighted by atomic mass is 16.3. The van der Waals surface area contributed by atoms with Crippen LogP contribution < -0.4 is 10.6 Å². The second-order valence-electron chi connectivity index (χ2n) is 4.18. The summed E-state index contributed by atoms with van der Waals surface area (Å²) in [6, 6.07) is 2.23. The molecule has 0 spiro atoms. The van der Waals surface area contributed by atoms with Crippen LogP contribution in [-0.2, 0) is 0 Å². The van der Waals surface area contributed by atoms with Crippen LogP contribution in [0.3, 0.4) is 0 Å². The first-order valence-electron chi connectivity index (χ1n) is 5.53. The van der Waals surface area contributed by atoms with Gasteiger partial charge in [0.1, 0.15) is 0 Å². The number of nitrogens with two attached hydrogens (primary N) is 1. The van der Waals surface area contributed by atoms with Crippen LogP contribution in [0.1, 0.15) is 12.8 Å². The zero-order valence-corrected chi connectivity index (χ0v) is 8.97. The van der Waals surface area contributed by atoms with Crippen molar-refractivity contribution >= 4 is 16.9 Å². The second kappa shape index (κ2) is 3.75. The number of hydrogen-bond acceptors (Lipinski definition) is 5. The van der Waals surface area contributed by atoms with Crippen LogP contribution in [0.15, 0.2) is 23.1 Å². The van der Waals surface area contributed by atoms with Gasteiger partial charge in [0.05, 0.1) is 5.69 Å². The maximum atomic E-state index is 5.98. The fourth-order valence-electron chi connectivity index (χ4n) is 2.25. The number of fused-ring (bicyclic) bond motifs is 1. The molecule has 0 saturated carbocycles. The molecule has 3 rings (SSSR count). The molecule has 1 aliphatic heterocycles. The van der Waals surface area contributed by atoms with E-state index in [9.17, 15) is 0 Å². The summed E-state index contributed by atoms with van der Waals surface area (Å²) in [5.74, 6) is 0. The first kappa shape index (κ1) is 9.59. The van der Waals surface area contributed by atoms with Crippen molar-refractivity contribution in [3.8, 4) is 0 Å². The van der Waals surface area contributed by atoms with Crippen molar-refractivity contribution in [3.05, 3.63) is 18.7 Å². The molecular weight excluding hydrogens is 204 g/mol. The Kier molecular flexibility index (Phi) is 2.25. The molecule has 2 N–H and O–H groups in total. The third-order valence-electron chi connectivity index (χ3n) is 3.01. The molecule has 5 heteroatoms. The van der Waals surface area contributed by atoms with E-state index in [1.165, 1.54) is 6.39 Å². The van der Waals surface area contributed by atoms with Crippen LogP contribution in [0, 0.1) is 0 Å². The van der Waals surface area contributed by atoms with Gasteiger partial charge in [-0.15, -0.1) is 0 Å². The lowest BCUT2D eigenvalue weighted by atomic mass is 10.1. The first-order chi connectivity index (χ1) is 7.84. The standard InChI is InChI=1S/C11H14N4O/c12-8-2-1-5-15(6-8)9-3-4-13-11-10(9)14-7-16-11/h3-4,7-8H,1-2,5-6,12H2. The van der Waals surface area contributed by atoms with Crippen LogP contribution in [0.25, 0.3) is 11.2 Å². The fourth-order valence-corrected chi connectivity index (χ4v) is 2.25. The molecule has 2 aromatic heterocycles. The van der Waals surface area contributed by atoms with Crippen molar-refractivity contribution in [1.29, 1.82) is 0 Å². The lowest BCUT2D eigenvalue weighted by Gasteiger charge is -2.32. The molecule has 1 saturated heterocycles. The Morgan fingerprint density at radius 1 is 1.44 bits per heavy atom. The summed E-state index contributed by atoms with van der Waals surface area (Å²) in [5.41, 5.74) is 8.48. The molecule has 1 aliphatic rings. The van der Waals surface area contributed by atoms with Crippen LogP contribution >= 0.6 is 0 Å². The number of piperidine rings is 1. The Hall–Kier alpha value is -1.62. The molecule has 0 bridgehead atoms. The molecular formula is C11H14N4O. The van der Waals surface area contributed by atoms with E-state index in [2.05, 4.69) is 14.9 Å². The Bertz CT molecular complexity index is 495. The van der Waals surface area contributed by atoms with Crippen molar-refractivity contribution in [3.63, 3.8) is 0 Å². The molecule has 0 aromatic carbocycles. The lowest BCUT2D eigenvalue weighted by molar-refractivity contribution is 0.506. The number of hydrogen-bond donors (Lipinski definition) is 1. The Balaban J connectivity index is 2.01. The average Bonchev–Trinajstić information content (AvgIpc) is 2.76. The molecule has 16 heavy (non-hydrogen) atoms. The van der Waals surface area contributed by atoms with Crippen LogP contribution in [0.5, 0.6) is 0 Å². The zero-order valence-electron chi connectivity index (χ0n) is 8.97. The van der Waals surface area contributed by atoms with Gasteiger partial charge in [0.25, 0.3) is 0 Å². The van der Waals surface area contributed by atoms with Gasteiger partial charge >= 0.3 is 0 Å². The highest BCUT2D eigenvalue weighted by Crippen LogP contribution is 2.26. The van der Waals surface area contributed by atoms with Crippen LogP contribution in [-0.4, -0.2) is 29.1 Å². The first-order valence-corrected chi connectivity index (χ1v) is 5.53. The number of anilines is 1. The summed E-state index contributed by atoms with van der Waals surface area (Å²) in [6.07, 6.45) is 5.42. The number of nitrogens with zero attached hydrogens (tertiary/aromatic N) is 3. The predicted octanol–water partition coefficient (Wildman–Crippen LogP) is 1.15. The van der Waals surface area contributed by atoms with Gasteiger partial charge < -0.3 is 15.1 Å². The minimum Gasteiger partial charge on any atom is -0.425 e. The summed E-state index contributed by atoms with van der Waals surface area (Å²) in [6.45, 7) is 1.91. The molecule has 5 nitrogen and oxygen atoms in total. The van der Waals surface area contributed by atoms with E-state index < -0.39 is 0 Å². The molecule has 2 aromatic rings. The Morgan fingerprint density at radius 2 is 2.38 bits per heavy atom. The highest BCUT2D eigenvalue weighted by Gasteiger charge is 2.19. The molecule has 0 amide bonds. The molecule has 1 fully saturated rings. The van der Waals surface area contributed by atoms with E-state index in [4.69, 9.17) is 10.2 Å². The fraction of sp³-hybridized carbons (Fsp3) is 0.455. The minimum absolute atomic E-state index is 0.254. The molecule has 1 unspecified atom stereocenters. The van der Waals surface area contributed by atoms with E-state index >= 15 is 0 Å². The van der Waals surface area contributed by atoms with Gasteiger partial charge in [-0.2, -0.15) is 0 Å². The predicted molar refractivity (Wildman–Crippen MR) is 61.2 cm³/mol. The minimum atomic E-state index is 0.254. The van der Waals surface area contributed by atoms with Gasteiger partial charge in [-0.1, -0.05) is 0 Å². The number of rotatable bonds is 1. The van der Waals surface area contributed by atoms with E-state index in [1.54, 1.807) is 6.20 Å². The number of aromatic nitrogens is 2. The highest BCUT2D eigenvalue weighted by molar-refractivity contribution is 5.84. The molecule has 0 radical (unpaired) electrons. The van der Waals surface area contributed by atoms with E-state index in [1.807, 2.05) is 6.07 Å². The third kappa shape index (κ3) is 1.53. The Labute approximate surface area is 93.3 Å². The molecule has 1 atom stereocenters. The smallest absolute Gasteiger partial charge is 0.248 e. The Morgan fingerprint density at radius 3 is 3.25 bits per heavy atom. The average molecular weight is 218 g/mol. The summed E-state index contributed by atoms with van der Waals surface area (Å²) >= 11 is 0. The summed E-state index contributed by atoms with van der Waals surface area (Å²) in [5, 5.41) is 0. The van der Waals surface area contributed by atoms with Gasteiger partial charge in [-0.25, -0.2) is 9.97 Å². The lowest BCUT2D eigenvalue weighted by Crippen LogP contribution is -2.42. The van der Waals surface area contributed by atoms with Crippen molar-refractivity contribution in [2.45, 2.75) is 18.9 Å². The summed E-state index contributed by atoms with van der Waals surface area (Å²) in [4.78, 5) is 10.6. The third-order valence-corrected chi connectivity index (χ3v) is 3.01. The SMILES string of the molecule is NC1CCCN(c2ccnc3ocnc23)C1. The molecule has 0 aliphatic carbocycles. The van der Waals surface area contributed by atoms with E-state index in [0.29, 0.717) is 5.71 Å². The molecule has 84 valence electrons. The number of pyridine rings is 1. The molecule has 3 heterocycles. The van der Waals surface area contributed by atoms with Crippen LogP contribution in [0.2, 0.25) is 0 Å². The van der Waals surface area contributed by atoms with E-state index in [-0.39, 0.29) is 6.04 Å². The largest absolute Gasteiger partial charge is 0.425 e. The van der Waals surface area contributed by atoms with Gasteiger partial charge in [0.15, 0.2) is 11.9 Å². The van der Waals surface area contributed by atoms with Crippen LogP contribution in [0.4, 0.5) is 5.69 Å². The van der Waals surface area contributed by atoms with Gasteiger partial charge in [-0.05, 0) is 18.9 Å². The van der Waals surface area contributed by atoms with E-state index in [0.717, 1.165) is 37.1 Å². The van der Waals surface area contributed by atoms with Crippen molar-refractivity contribution in [2.75, 3.05) is 18.0 Å². The monoisotopic (exact) mass is 218 g/mol. The normalized spacial score (nSPS) is 21.6.